The summed E-state index contributed by atoms with van der Waals surface area (Å²) >= 11 is 0. The van der Waals surface area contributed by atoms with Crippen molar-refractivity contribution in [2.75, 3.05) is 0 Å². The molecule has 4 bridgehead atoms. The molecule has 60 heavy (non-hydrogen) atoms. The first-order valence-electron chi connectivity index (χ1n) is 21.4. The summed E-state index contributed by atoms with van der Waals surface area (Å²) in [5.74, 6) is 4.61. The zero-order valence-corrected chi connectivity index (χ0v) is 33.5. The quantitative estimate of drug-likeness (QED) is 0.154. The van der Waals surface area contributed by atoms with Crippen LogP contribution in [-0.4, -0.2) is 15.0 Å². The summed E-state index contributed by atoms with van der Waals surface area (Å²) in [6, 6.07) is 64.3. The van der Waals surface area contributed by atoms with E-state index < -0.39 is 0 Å². The first-order chi connectivity index (χ1) is 29.5. The van der Waals surface area contributed by atoms with Gasteiger partial charge in [0.1, 0.15) is 0 Å². The summed E-state index contributed by atoms with van der Waals surface area (Å²) in [4.78, 5) is 15.4. The van der Waals surface area contributed by atoms with Crippen molar-refractivity contribution in [3.05, 3.63) is 187 Å². The molecule has 4 aliphatic carbocycles. The van der Waals surface area contributed by atoms with Gasteiger partial charge >= 0.3 is 0 Å². The highest BCUT2D eigenvalue weighted by molar-refractivity contribution is 5.86. The Kier molecular flexibility index (Phi) is 9.04. The van der Waals surface area contributed by atoms with Crippen LogP contribution in [0.2, 0.25) is 0 Å². The molecule has 1 heterocycles. The van der Waals surface area contributed by atoms with Gasteiger partial charge in [0.05, 0.1) is 11.6 Å². The Bertz CT molecular complexity index is 2780. The molecule has 0 N–H and O–H groups in total. The summed E-state index contributed by atoms with van der Waals surface area (Å²) in [5.41, 5.74) is 14.2. The van der Waals surface area contributed by atoms with Gasteiger partial charge in [0, 0.05) is 16.7 Å². The summed E-state index contributed by atoms with van der Waals surface area (Å²) in [7, 11) is 0. The topological polar surface area (TPSA) is 62.5 Å². The third kappa shape index (κ3) is 6.91. The average Bonchev–Trinajstić information content (AvgIpc) is 3.31. The van der Waals surface area contributed by atoms with Gasteiger partial charge < -0.3 is 0 Å². The summed E-state index contributed by atoms with van der Waals surface area (Å²) in [6.45, 7) is 0. The molecule has 0 atom stereocenters. The van der Waals surface area contributed by atoms with Crippen molar-refractivity contribution in [2.24, 2.45) is 17.8 Å². The molecular weight excluding hydrogens is 729 g/mol. The maximum absolute atomic E-state index is 9.56. The van der Waals surface area contributed by atoms with Gasteiger partial charge in [0.25, 0.3) is 0 Å². The van der Waals surface area contributed by atoms with Crippen LogP contribution in [0.4, 0.5) is 0 Å². The third-order valence-electron chi connectivity index (χ3n) is 13.5. The van der Waals surface area contributed by atoms with Crippen LogP contribution < -0.4 is 0 Å². The Morgan fingerprint density at radius 3 is 1.12 bits per heavy atom. The van der Waals surface area contributed by atoms with Crippen molar-refractivity contribution in [1.82, 2.24) is 15.0 Å². The predicted molar refractivity (Wildman–Crippen MR) is 242 cm³/mol. The predicted octanol–water partition coefficient (Wildman–Crippen LogP) is 13.9. The van der Waals surface area contributed by atoms with E-state index in [-0.39, 0.29) is 0 Å². The summed E-state index contributed by atoms with van der Waals surface area (Å²) in [6.07, 6.45) is 8.39. The van der Waals surface area contributed by atoms with E-state index in [4.69, 9.17) is 15.0 Å². The molecule has 0 aliphatic heterocycles. The zero-order valence-electron chi connectivity index (χ0n) is 33.5. The molecule has 12 rings (SSSR count). The molecule has 4 heteroatoms. The van der Waals surface area contributed by atoms with Crippen molar-refractivity contribution in [2.45, 2.75) is 43.9 Å². The maximum atomic E-state index is 9.56. The Labute approximate surface area is 352 Å². The van der Waals surface area contributed by atoms with Crippen molar-refractivity contribution >= 4 is 0 Å². The minimum atomic E-state index is 0.340. The molecule has 8 aromatic rings. The molecular formula is C56H44N4. The van der Waals surface area contributed by atoms with Gasteiger partial charge in [-0.2, -0.15) is 5.26 Å². The van der Waals surface area contributed by atoms with E-state index in [2.05, 4.69) is 121 Å². The lowest BCUT2D eigenvalue weighted by Gasteiger charge is -2.57. The molecule has 0 unspecified atom stereocenters. The van der Waals surface area contributed by atoms with E-state index in [1.54, 1.807) is 0 Å². The molecule has 0 radical (unpaired) electrons. The van der Waals surface area contributed by atoms with Gasteiger partial charge in [-0.3, -0.25) is 0 Å². The third-order valence-corrected chi connectivity index (χ3v) is 13.5. The maximum Gasteiger partial charge on any atom is 0.164 e. The lowest BCUT2D eigenvalue weighted by Crippen LogP contribution is -2.48. The van der Waals surface area contributed by atoms with Crippen LogP contribution in [0.5, 0.6) is 0 Å². The second-order valence-corrected chi connectivity index (χ2v) is 17.5. The van der Waals surface area contributed by atoms with E-state index in [1.807, 2.05) is 60.7 Å². The van der Waals surface area contributed by atoms with E-state index >= 15 is 0 Å². The fraction of sp³-hybridized carbons (Fsp3) is 0.179. The van der Waals surface area contributed by atoms with Crippen LogP contribution in [0, 0.1) is 29.1 Å². The van der Waals surface area contributed by atoms with Gasteiger partial charge in [0.15, 0.2) is 17.5 Å². The molecule has 4 nitrogen and oxygen atoms in total. The van der Waals surface area contributed by atoms with Crippen LogP contribution in [0.3, 0.4) is 0 Å². The Morgan fingerprint density at radius 1 is 0.367 bits per heavy atom. The van der Waals surface area contributed by atoms with Crippen LogP contribution in [0.25, 0.3) is 78.7 Å². The average molecular weight is 773 g/mol. The molecule has 7 aromatic carbocycles. The SMILES string of the molecule is N#Cc1ccc(-c2cc(-c3ccccc3)cc(-c3cc(-c4ccc(C56C[C@H]7C[C@H](C5)C[C@@H](C6)C7)cc4)cc(-c4nc(-c5ccccc5)nc(-c5ccccc5)n4)c3)c2)cc1. The van der Waals surface area contributed by atoms with E-state index in [1.165, 1.54) is 49.7 Å². The Balaban J connectivity index is 1.09. The number of hydrogen-bond donors (Lipinski definition) is 0. The Morgan fingerprint density at radius 2 is 0.700 bits per heavy atom. The first-order valence-corrected chi connectivity index (χ1v) is 21.4. The van der Waals surface area contributed by atoms with Gasteiger partial charge in [-0.15, -0.1) is 0 Å². The number of nitriles is 1. The number of rotatable bonds is 8. The van der Waals surface area contributed by atoms with Gasteiger partial charge in [0.2, 0.25) is 0 Å². The molecule has 4 fully saturated rings. The standard InChI is InChI=1S/C56H44N4/c57-36-37-16-18-42(19-17-37)47-27-46(41-10-4-1-5-11-41)28-49(29-47)50-30-48(43-20-22-52(23-21-43)56-33-38-24-39(34-56)26-40(25-38)35-56)31-51(32-50)55-59-53(44-12-6-2-7-13-44)58-54(60-55)45-14-8-3-9-15-45/h1-23,27-32,38-40H,24-26,33-35H2/t38-,39-,40-,56?. The van der Waals surface area contributed by atoms with Crippen LogP contribution in [0.1, 0.15) is 49.7 Å². The summed E-state index contributed by atoms with van der Waals surface area (Å²) in [5, 5.41) is 9.56. The smallest absolute Gasteiger partial charge is 0.164 e. The molecule has 288 valence electrons. The molecule has 0 amide bonds. The number of nitrogens with zero attached hydrogens (tertiary/aromatic N) is 4. The fourth-order valence-corrected chi connectivity index (χ4v) is 11.0. The van der Waals surface area contributed by atoms with Crippen molar-refractivity contribution < 1.29 is 0 Å². The largest absolute Gasteiger partial charge is 0.208 e. The molecule has 4 saturated carbocycles. The van der Waals surface area contributed by atoms with Crippen molar-refractivity contribution in [3.63, 3.8) is 0 Å². The van der Waals surface area contributed by atoms with Crippen molar-refractivity contribution in [3.8, 4) is 84.7 Å². The second-order valence-electron chi connectivity index (χ2n) is 17.5. The van der Waals surface area contributed by atoms with Crippen LogP contribution in [-0.2, 0) is 5.41 Å². The van der Waals surface area contributed by atoms with E-state index in [0.29, 0.717) is 28.5 Å². The van der Waals surface area contributed by atoms with Gasteiger partial charge in [-0.25, -0.2) is 15.0 Å². The minimum absolute atomic E-state index is 0.340. The monoisotopic (exact) mass is 772 g/mol. The first kappa shape index (κ1) is 36.1. The lowest BCUT2D eigenvalue weighted by atomic mass is 9.48. The summed E-state index contributed by atoms with van der Waals surface area (Å²) < 4.78 is 0. The number of aromatic nitrogens is 3. The zero-order chi connectivity index (χ0) is 40.0. The highest BCUT2D eigenvalue weighted by atomic mass is 15.0. The highest BCUT2D eigenvalue weighted by Gasteiger charge is 2.51. The highest BCUT2D eigenvalue weighted by Crippen LogP contribution is 2.60. The van der Waals surface area contributed by atoms with E-state index in [0.717, 1.165) is 73.4 Å². The van der Waals surface area contributed by atoms with Gasteiger partial charge in [-0.05, 0) is 160 Å². The van der Waals surface area contributed by atoms with Crippen LogP contribution >= 0.6 is 0 Å². The normalized spacial score (nSPS) is 20.1. The number of hydrogen-bond acceptors (Lipinski definition) is 4. The molecule has 0 spiro atoms. The second kappa shape index (κ2) is 15.0. The van der Waals surface area contributed by atoms with Crippen molar-refractivity contribution in [1.29, 1.82) is 5.26 Å². The van der Waals surface area contributed by atoms with Gasteiger partial charge in [-0.1, -0.05) is 127 Å². The lowest BCUT2D eigenvalue weighted by molar-refractivity contribution is -0.00518. The Hall–Kier alpha value is -6.96. The fourth-order valence-electron chi connectivity index (χ4n) is 11.0. The molecule has 0 saturated heterocycles. The van der Waals surface area contributed by atoms with E-state index in [9.17, 15) is 5.26 Å². The minimum Gasteiger partial charge on any atom is -0.208 e. The number of benzene rings is 7. The van der Waals surface area contributed by atoms with Crippen LogP contribution in [0.15, 0.2) is 176 Å². The molecule has 1 aromatic heterocycles. The molecule has 4 aliphatic rings.